The molecule has 1 N–H and O–H groups in total. The molecule has 1 aliphatic carbocycles. The van der Waals surface area contributed by atoms with E-state index in [0.717, 1.165) is 24.6 Å². The summed E-state index contributed by atoms with van der Waals surface area (Å²) in [5.74, 6) is 1.72. The number of rotatable bonds is 5. The van der Waals surface area contributed by atoms with Gasteiger partial charge in [0.05, 0.1) is 0 Å². The van der Waals surface area contributed by atoms with Crippen molar-refractivity contribution < 1.29 is 0 Å². The van der Waals surface area contributed by atoms with Crippen molar-refractivity contribution in [2.24, 2.45) is 0 Å². The number of anilines is 1. The first-order valence-corrected chi connectivity index (χ1v) is 6.36. The van der Waals surface area contributed by atoms with Crippen LogP contribution in [0.4, 0.5) is 5.82 Å². The molecule has 0 unspecified atom stereocenters. The molecule has 0 saturated heterocycles. The van der Waals surface area contributed by atoms with Gasteiger partial charge in [0.1, 0.15) is 29.7 Å². The Hall–Kier alpha value is -2.42. The Kier molecular flexibility index (Phi) is 3.11. The number of hydrogen-bond donors (Lipinski definition) is 1. The van der Waals surface area contributed by atoms with Gasteiger partial charge in [0, 0.05) is 19.0 Å². The van der Waals surface area contributed by atoms with Crippen LogP contribution in [0, 0.1) is 11.3 Å². The van der Waals surface area contributed by atoms with Crippen molar-refractivity contribution in [3.8, 4) is 6.07 Å². The van der Waals surface area contributed by atoms with E-state index in [-0.39, 0.29) is 0 Å². The molecule has 0 spiro atoms. The van der Waals surface area contributed by atoms with Gasteiger partial charge in [0.2, 0.25) is 0 Å². The molecule has 2 aromatic heterocycles. The highest BCUT2D eigenvalue weighted by molar-refractivity contribution is 5.38. The molecule has 1 saturated carbocycles. The van der Waals surface area contributed by atoms with Gasteiger partial charge in [-0.15, -0.1) is 10.2 Å². The molecule has 1 fully saturated rings. The number of nitrogens with one attached hydrogen (secondary N) is 1. The van der Waals surface area contributed by atoms with E-state index in [1.807, 2.05) is 24.5 Å². The Balaban J connectivity index is 1.57. The topological polar surface area (TPSA) is 79.4 Å². The lowest BCUT2D eigenvalue weighted by Crippen LogP contribution is -2.10. The summed E-state index contributed by atoms with van der Waals surface area (Å²) in [5, 5.41) is 20.1. The third-order valence-electron chi connectivity index (χ3n) is 3.11. The highest BCUT2D eigenvalue weighted by Crippen LogP contribution is 2.35. The van der Waals surface area contributed by atoms with Gasteiger partial charge in [-0.25, -0.2) is 4.98 Å². The SMILES string of the molecule is N#Cc1cccc(NCCc2nncn2C2CC2)n1. The number of pyridine rings is 1. The van der Waals surface area contributed by atoms with Crippen molar-refractivity contribution in [1.82, 2.24) is 19.7 Å². The van der Waals surface area contributed by atoms with Crippen LogP contribution in [0.15, 0.2) is 24.5 Å². The molecule has 0 bridgehead atoms. The highest BCUT2D eigenvalue weighted by Gasteiger charge is 2.25. The molecule has 0 aliphatic heterocycles. The summed E-state index contributed by atoms with van der Waals surface area (Å²) in [6, 6.07) is 7.99. The van der Waals surface area contributed by atoms with Crippen LogP contribution < -0.4 is 5.32 Å². The van der Waals surface area contributed by atoms with Gasteiger partial charge in [-0.3, -0.25) is 0 Å². The molecule has 0 aromatic carbocycles. The predicted octanol–water partition coefficient (Wildman–Crippen LogP) is 1.53. The molecule has 2 heterocycles. The van der Waals surface area contributed by atoms with Gasteiger partial charge in [0.25, 0.3) is 0 Å². The van der Waals surface area contributed by atoms with Crippen molar-refractivity contribution in [2.45, 2.75) is 25.3 Å². The molecular weight excluding hydrogens is 240 g/mol. The molecule has 6 nitrogen and oxygen atoms in total. The number of hydrogen-bond acceptors (Lipinski definition) is 5. The zero-order chi connectivity index (χ0) is 13.1. The summed E-state index contributed by atoms with van der Waals surface area (Å²) < 4.78 is 2.15. The van der Waals surface area contributed by atoms with Gasteiger partial charge >= 0.3 is 0 Å². The second-order valence-electron chi connectivity index (χ2n) is 4.58. The van der Waals surface area contributed by atoms with Crippen LogP contribution in [0.5, 0.6) is 0 Å². The van der Waals surface area contributed by atoms with E-state index in [4.69, 9.17) is 5.26 Å². The van der Waals surface area contributed by atoms with Crippen LogP contribution in [0.2, 0.25) is 0 Å². The molecule has 0 radical (unpaired) electrons. The molecule has 2 aromatic rings. The fourth-order valence-corrected chi connectivity index (χ4v) is 2.00. The highest BCUT2D eigenvalue weighted by atomic mass is 15.3. The second-order valence-corrected chi connectivity index (χ2v) is 4.58. The van der Waals surface area contributed by atoms with Crippen LogP contribution in [-0.2, 0) is 6.42 Å². The third kappa shape index (κ3) is 2.71. The number of aromatic nitrogens is 4. The van der Waals surface area contributed by atoms with E-state index in [1.165, 1.54) is 12.8 Å². The monoisotopic (exact) mass is 254 g/mol. The molecule has 0 amide bonds. The number of nitrogens with zero attached hydrogens (tertiary/aromatic N) is 5. The van der Waals surface area contributed by atoms with Crippen molar-refractivity contribution in [1.29, 1.82) is 5.26 Å². The maximum atomic E-state index is 8.78. The Morgan fingerprint density at radius 3 is 3.11 bits per heavy atom. The fraction of sp³-hybridized carbons (Fsp3) is 0.385. The molecule has 1 aliphatic rings. The van der Waals surface area contributed by atoms with Crippen molar-refractivity contribution in [3.63, 3.8) is 0 Å². The summed E-state index contributed by atoms with van der Waals surface area (Å²) in [6.45, 7) is 0.729. The largest absolute Gasteiger partial charge is 0.370 e. The summed E-state index contributed by atoms with van der Waals surface area (Å²) in [7, 11) is 0. The summed E-state index contributed by atoms with van der Waals surface area (Å²) >= 11 is 0. The minimum atomic E-state index is 0.422. The van der Waals surface area contributed by atoms with Crippen LogP contribution in [0.1, 0.15) is 30.4 Å². The van der Waals surface area contributed by atoms with Crippen LogP contribution in [0.3, 0.4) is 0 Å². The lowest BCUT2D eigenvalue weighted by atomic mass is 10.3. The molecule has 96 valence electrons. The van der Waals surface area contributed by atoms with Crippen molar-refractivity contribution >= 4 is 5.82 Å². The Morgan fingerprint density at radius 2 is 2.32 bits per heavy atom. The van der Waals surface area contributed by atoms with E-state index in [2.05, 4.69) is 25.1 Å². The van der Waals surface area contributed by atoms with E-state index < -0.39 is 0 Å². The van der Waals surface area contributed by atoms with Crippen molar-refractivity contribution in [3.05, 3.63) is 36.0 Å². The zero-order valence-electron chi connectivity index (χ0n) is 10.5. The normalized spacial score (nSPS) is 14.1. The average Bonchev–Trinajstić information content (AvgIpc) is 3.19. The maximum absolute atomic E-state index is 8.78. The lowest BCUT2D eigenvalue weighted by Gasteiger charge is -2.06. The maximum Gasteiger partial charge on any atom is 0.142 e. The van der Waals surface area contributed by atoms with E-state index in [0.29, 0.717) is 11.7 Å². The van der Waals surface area contributed by atoms with Crippen LogP contribution in [-0.4, -0.2) is 26.3 Å². The average molecular weight is 254 g/mol. The smallest absolute Gasteiger partial charge is 0.142 e. The molecule has 6 heteroatoms. The number of nitriles is 1. The first kappa shape index (κ1) is 11.7. The standard InChI is InChI=1S/C13H14N6/c14-8-10-2-1-3-12(17-10)15-7-6-13-18-16-9-19(13)11-4-5-11/h1-3,9,11H,4-7H2,(H,15,17). The van der Waals surface area contributed by atoms with E-state index in [1.54, 1.807) is 6.07 Å². The molecule has 19 heavy (non-hydrogen) atoms. The van der Waals surface area contributed by atoms with Gasteiger partial charge in [-0.2, -0.15) is 5.26 Å². The minimum absolute atomic E-state index is 0.422. The minimum Gasteiger partial charge on any atom is -0.370 e. The zero-order valence-corrected chi connectivity index (χ0v) is 10.5. The second kappa shape index (κ2) is 5.06. The summed E-state index contributed by atoms with van der Waals surface area (Å²) in [6.07, 6.45) is 5.06. The first-order valence-electron chi connectivity index (χ1n) is 6.36. The molecule has 3 rings (SSSR count). The van der Waals surface area contributed by atoms with Gasteiger partial charge in [-0.1, -0.05) is 6.07 Å². The summed E-state index contributed by atoms with van der Waals surface area (Å²) in [4.78, 5) is 4.16. The summed E-state index contributed by atoms with van der Waals surface area (Å²) in [5.41, 5.74) is 0.422. The van der Waals surface area contributed by atoms with E-state index >= 15 is 0 Å². The van der Waals surface area contributed by atoms with Crippen LogP contribution in [0.25, 0.3) is 0 Å². The lowest BCUT2D eigenvalue weighted by molar-refractivity contribution is 0.681. The molecule has 0 atom stereocenters. The van der Waals surface area contributed by atoms with Gasteiger partial charge in [-0.05, 0) is 25.0 Å². The first-order chi connectivity index (χ1) is 9.36. The van der Waals surface area contributed by atoms with E-state index in [9.17, 15) is 0 Å². The Morgan fingerprint density at radius 1 is 1.42 bits per heavy atom. The van der Waals surface area contributed by atoms with Crippen molar-refractivity contribution in [2.75, 3.05) is 11.9 Å². The Labute approximate surface area is 111 Å². The van der Waals surface area contributed by atoms with Gasteiger partial charge < -0.3 is 9.88 Å². The quantitative estimate of drug-likeness (QED) is 0.875. The van der Waals surface area contributed by atoms with Crippen LogP contribution >= 0.6 is 0 Å². The fourth-order valence-electron chi connectivity index (χ4n) is 2.00. The predicted molar refractivity (Wildman–Crippen MR) is 69.4 cm³/mol. The Bertz CT molecular complexity index is 608. The third-order valence-corrected chi connectivity index (χ3v) is 3.11. The molecular formula is C13H14N6. The van der Waals surface area contributed by atoms with Gasteiger partial charge in [0.15, 0.2) is 0 Å².